The summed E-state index contributed by atoms with van der Waals surface area (Å²) in [5, 5.41) is 55.5. The first-order valence-electron chi connectivity index (χ1n) is 35.0. The third-order valence-corrected chi connectivity index (χ3v) is 18.2. The molecule has 14 aromatic rings. The lowest BCUT2D eigenvalue weighted by Crippen LogP contribution is -2.01. The van der Waals surface area contributed by atoms with Gasteiger partial charge in [-0.05, 0) is 207 Å². The number of halogens is 2. The molecule has 0 fully saturated rings. The van der Waals surface area contributed by atoms with Crippen molar-refractivity contribution in [2.75, 3.05) is 28.4 Å². The number of methoxy groups -OCH3 is 4. The van der Waals surface area contributed by atoms with Crippen LogP contribution in [0.25, 0.3) is 112 Å². The number of pyridine rings is 4. The van der Waals surface area contributed by atoms with E-state index >= 15 is 0 Å². The van der Waals surface area contributed by atoms with Crippen LogP contribution in [0.2, 0.25) is 10.3 Å². The Labute approximate surface area is 658 Å². The number of aryl methyl sites for hydroxylation is 4. The van der Waals surface area contributed by atoms with Crippen LogP contribution in [0.4, 0.5) is 0 Å². The zero-order chi connectivity index (χ0) is 79.5. The van der Waals surface area contributed by atoms with E-state index in [2.05, 4.69) is 70.7 Å². The molecule has 0 aliphatic heterocycles. The van der Waals surface area contributed by atoms with Crippen LogP contribution in [0.3, 0.4) is 0 Å². The van der Waals surface area contributed by atoms with E-state index in [9.17, 15) is 20.1 Å². The van der Waals surface area contributed by atoms with Gasteiger partial charge in [0.05, 0.1) is 87.9 Å². The van der Waals surface area contributed by atoms with Crippen molar-refractivity contribution < 1.29 is 28.5 Å². The highest BCUT2D eigenvalue weighted by Gasteiger charge is 2.22. The molecule has 0 radical (unpaired) electrons. The van der Waals surface area contributed by atoms with Crippen LogP contribution in [0.15, 0.2) is 219 Å². The molecular formula is C88H74Cl2N16O6. The predicted octanol–water partition coefficient (Wildman–Crippen LogP) is 18.9. The molecule has 0 aliphatic rings. The third-order valence-electron chi connectivity index (χ3n) is 17.7. The number of nitriles is 4. The predicted molar refractivity (Wildman–Crippen MR) is 432 cm³/mol. The second kappa shape index (κ2) is 36.6. The number of rotatable bonds is 20. The Bertz CT molecular complexity index is 5810. The van der Waals surface area contributed by atoms with Crippen molar-refractivity contribution in [2.24, 2.45) is 0 Å². The minimum atomic E-state index is 0.0291. The molecule has 0 aliphatic carbocycles. The van der Waals surface area contributed by atoms with Crippen LogP contribution in [0.1, 0.15) is 56.8 Å². The van der Waals surface area contributed by atoms with E-state index in [0.29, 0.717) is 21.4 Å². The smallest absolute Gasteiger partial charge is 0.159 e. The molecule has 24 heteroatoms. The molecule has 0 spiro atoms. The highest BCUT2D eigenvalue weighted by atomic mass is 35.5. The first kappa shape index (κ1) is 78.9. The summed E-state index contributed by atoms with van der Waals surface area (Å²) in [4.78, 5) is 40.2. The number of carbonyl (C=O) groups is 2. The standard InChI is InChI=1S/2C26H22N4O2.2C18H15ClN4O/c1-17-12-22(14-23(13-17)32-3)26-24(16-30(29-26)11-9-27)21-8-10-28-25(15-21)20-6-4-19(5-7-20)18(2)31;1-17-12-22(14-23(13-17)32-3)26-24(16-29-30(26)11-9-27)21-8-10-28-25(15-21)20-6-4-19(5-7-20)18(2)31;1-12-7-14(9-15(8-12)24-2)18-16(11-23(22-18)6-4-20)13-3-5-21-17(19)10-13;1-12-7-14(9-15(8-12)24-2)18-16(11-22-23(18)6-4-20)13-3-5-21-17(19)10-13/h2*4-8,10,12-16H,11H2,1-3H3;2*3,5,7-11H,6H2,1-2H3. The van der Waals surface area contributed by atoms with Gasteiger partial charge in [-0.15, -0.1) is 0 Å². The Morgan fingerprint density at radius 1 is 0.366 bits per heavy atom. The monoisotopic (exact) mass is 1520 g/mol. The largest absolute Gasteiger partial charge is 0.497 e. The van der Waals surface area contributed by atoms with Gasteiger partial charge in [0.1, 0.15) is 70.9 Å². The molecule has 22 nitrogen and oxygen atoms in total. The number of hydrogen-bond donors (Lipinski definition) is 0. The van der Waals surface area contributed by atoms with E-state index in [4.69, 9.17) is 52.7 Å². The molecule has 0 saturated carbocycles. The molecular weight excluding hydrogens is 1450 g/mol. The molecule has 8 aromatic heterocycles. The van der Waals surface area contributed by atoms with Gasteiger partial charge in [0.25, 0.3) is 0 Å². The van der Waals surface area contributed by atoms with Crippen molar-refractivity contribution in [1.82, 2.24) is 59.1 Å². The van der Waals surface area contributed by atoms with Crippen molar-refractivity contribution in [3.05, 3.63) is 263 Å². The Morgan fingerprint density at radius 3 is 1.01 bits per heavy atom. The maximum absolute atomic E-state index is 11.6. The minimum Gasteiger partial charge on any atom is -0.497 e. The summed E-state index contributed by atoms with van der Waals surface area (Å²) >= 11 is 12.0. The second-order valence-corrected chi connectivity index (χ2v) is 26.5. The van der Waals surface area contributed by atoms with Crippen molar-refractivity contribution >= 4 is 34.8 Å². The van der Waals surface area contributed by atoms with Gasteiger partial charge in [-0.1, -0.05) is 71.7 Å². The molecule has 6 aromatic carbocycles. The zero-order valence-corrected chi connectivity index (χ0v) is 64.5. The number of carbonyl (C=O) groups excluding carboxylic acids is 2. The number of hydrogen-bond acceptors (Lipinski definition) is 18. The highest BCUT2D eigenvalue weighted by molar-refractivity contribution is 6.30. The minimum absolute atomic E-state index is 0.0291. The quantitative estimate of drug-likeness (QED) is 0.0506. The van der Waals surface area contributed by atoms with Gasteiger partial charge < -0.3 is 18.9 Å². The molecule has 8 heterocycles. The maximum Gasteiger partial charge on any atom is 0.159 e. The van der Waals surface area contributed by atoms with Gasteiger partial charge in [-0.2, -0.15) is 41.4 Å². The van der Waals surface area contributed by atoms with Gasteiger partial charge in [-0.3, -0.25) is 38.3 Å². The van der Waals surface area contributed by atoms with Crippen molar-refractivity contribution in [3.8, 4) is 159 Å². The molecule has 0 atom stereocenters. The lowest BCUT2D eigenvalue weighted by molar-refractivity contribution is 0.100. The summed E-state index contributed by atoms with van der Waals surface area (Å²) in [5.41, 5.74) is 23.2. The van der Waals surface area contributed by atoms with E-state index in [1.165, 1.54) is 0 Å². The van der Waals surface area contributed by atoms with Crippen LogP contribution >= 0.6 is 23.2 Å². The lowest BCUT2D eigenvalue weighted by atomic mass is 9.98. The van der Waals surface area contributed by atoms with Gasteiger partial charge in [-0.25, -0.2) is 9.97 Å². The molecule has 14 rings (SSSR count). The van der Waals surface area contributed by atoms with Crippen LogP contribution in [0, 0.1) is 73.0 Å². The van der Waals surface area contributed by atoms with E-state index in [1.54, 1.807) is 135 Å². The SMILES string of the molecule is COc1cc(C)cc(-c2c(-c3ccnc(-c4ccc(C(C)=O)cc4)c3)cnn2CC#N)c1.COc1cc(C)cc(-c2c(-c3ccnc(Cl)c3)cnn2CC#N)c1.COc1cc(C)cc(-c2nn(CC#N)cc2-c2ccnc(-c3ccc(C(C)=O)cc3)c2)c1.COc1cc(C)cc(-c2nn(CC#N)cc2-c2ccnc(Cl)c2)c1. The fraction of sp³-hybridized carbons (Fsp3) is 0.159. The average molecular weight is 1520 g/mol. The van der Waals surface area contributed by atoms with Crippen LogP contribution < -0.4 is 18.9 Å². The lowest BCUT2D eigenvalue weighted by Gasteiger charge is -2.11. The topological polar surface area (TPSA) is 289 Å². The van der Waals surface area contributed by atoms with Crippen LogP contribution in [-0.2, 0) is 26.2 Å². The van der Waals surface area contributed by atoms with Crippen molar-refractivity contribution in [1.29, 1.82) is 21.0 Å². The summed E-state index contributed by atoms with van der Waals surface area (Å²) in [7, 11) is 6.55. The highest BCUT2D eigenvalue weighted by Crippen LogP contribution is 2.40. The Kier molecular flexibility index (Phi) is 25.8. The van der Waals surface area contributed by atoms with Crippen LogP contribution in [-0.4, -0.2) is 99.1 Å². The molecule has 0 unspecified atom stereocenters. The van der Waals surface area contributed by atoms with Gasteiger partial charge in [0.15, 0.2) is 11.6 Å². The molecule has 556 valence electrons. The maximum atomic E-state index is 11.6. The molecule has 0 N–H and O–H groups in total. The number of nitrogens with zero attached hydrogens (tertiary/aromatic N) is 16. The fourth-order valence-corrected chi connectivity index (χ4v) is 12.9. The number of aromatic nitrogens is 12. The van der Waals surface area contributed by atoms with Crippen LogP contribution in [0.5, 0.6) is 23.0 Å². The molecule has 0 amide bonds. The molecule has 0 saturated heterocycles. The van der Waals surface area contributed by atoms with Gasteiger partial charge in [0, 0.05) is 104 Å². The number of Topliss-reactive ketones (excluding diaryl/α,β-unsaturated/α-hetero) is 2. The zero-order valence-electron chi connectivity index (χ0n) is 63.0. The van der Waals surface area contributed by atoms with E-state index in [-0.39, 0.29) is 37.7 Å². The van der Waals surface area contributed by atoms with Gasteiger partial charge >= 0.3 is 0 Å². The number of ether oxygens (including phenoxy) is 4. The summed E-state index contributed by atoms with van der Waals surface area (Å²) in [6.45, 7) is 11.7. The summed E-state index contributed by atoms with van der Waals surface area (Å²) in [6, 6.07) is 62.3. The van der Waals surface area contributed by atoms with Crippen molar-refractivity contribution in [3.63, 3.8) is 0 Å². The Balaban J connectivity index is 0.000000149. The summed E-state index contributed by atoms with van der Waals surface area (Å²) < 4.78 is 28.3. The molecule has 0 bridgehead atoms. The van der Waals surface area contributed by atoms with E-state index < -0.39 is 0 Å². The summed E-state index contributed by atoms with van der Waals surface area (Å²) in [5.74, 6) is 3.08. The Hall–Kier alpha value is -14.2. The fourth-order valence-electron chi connectivity index (χ4n) is 12.6. The number of ketones is 2. The van der Waals surface area contributed by atoms with Crippen molar-refractivity contribution in [2.45, 2.75) is 67.7 Å². The van der Waals surface area contributed by atoms with Gasteiger partial charge in [0.2, 0.25) is 0 Å². The first-order chi connectivity index (χ1) is 54.2. The van der Waals surface area contributed by atoms with E-state index in [0.717, 1.165) is 157 Å². The first-order valence-corrected chi connectivity index (χ1v) is 35.7. The Morgan fingerprint density at radius 2 is 0.679 bits per heavy atom. The molecule has 112 heavy (non-hydrogen) atoms. The van der Waals surface area contributed by atoms with E-state index in [1.807, 2.05) is 167 Å². The summed E-state index contributed by atoms with van der Waals surface area (Å²) in [6.07, 6.45) is 14.1. The number of benzene rings is 6. The average Bonchev–Trinajstić information content (AvgIpc) is 1.56. The normalized spacial score (nSPS) is 10.5. The third kappa shape index (κ3) is 19.2. The second-order valence-electron chi connectivity index (χ2n) is 25.8.